The monoisotopic (exact) mass is 736 g/mol. The van der Waals surface area contributed by atoms with Gasteiger partial charge in [-0.3, -0.25) is 9.98 Å². The van der Waals surface area contributed by atoms with Gasteiger partial charge in [-0.15, -0.1) is 0 Å². The third kappa shape index (κ3) is 10.3. The summed E-state index contributed by atoms with van der Waals surface area (Å²) >= 11 is 0. The van der Waals surface area contributed by atoms with E-state index in [0.717, 1.165) is 56.0 Å². The van der Waals surface area contributed by atoms with E-state index in [1.54, 1.807) is 12.4 Å². The molecule has 0 saturated carbocycles. The molecular formula is C50H44N2O4. The lowest BCUT2D eigenvalue weighted by Crippen LogP contribution is -2.09. The molecule has 0 amide bonds. The van der Waals surface area contributed by atoms with Crippen LogP contribution in [0.2, 0.25) is 0 Å². The van der Waals surface area contributed by atoms with E-state index in [9.17, 15) is 10.2 Å². The van der Waals surface area contributed by atoms with E-state index in [2.05, 4.69) is 0 Å². The van der Waals surface area contributed by atoms with Gasteiger partial charge >= 0.3 is 0 Å². The first-order valence-corrected chi connectivity index (χ1v) is 18.7. The van der Waals surface area contributed by atoms with Crippen molar-refractivity contribution in [1.29, 1.82) is 0 Å². The SMILES string of the molecule is O[C@@H](c1ccccc1)[C@H](N=Cc1ccc(OCc2ccc(COc3ccc(C=N[C@H](c4ccccc4)[C@@H](O)c4ccccc4)cc3)cc2)cc1)c1ccccc1. The predicted octanol–water partition coefficient (Wildman–Crippen LogP) is 10.6. The van der Waals surface area contributed by atoms with Gasteiger partial charge in [-0.25, -0.2) is 0 Å². The molecule has 0 bridgehead atoms. The average molecular weight is 737 g/mol. The second-order valence-corrected chi connectivity index (χ2v) is 13.5. The molecule has 0 aliphatic rings. The summed E-state index contributed by atoms with van der Waals surface area (Å²) in [6, 6.07) is 61.9. The zero-order valence-electron chi connectivity index (χ0n) is 31.0. The van der Waals surface area contributed by atoms with Crippen LogP contribution in [0.4, 0.5) is 0 Å². The van der Waals surface area contributed by atoms with Crippen molar-refractivity contribution >= 4 is 12.4 Å². The van der Waals surface area contributed by atoms with Crippen molar-refractivity contribution in [3.63, 3.8) is 0 Å². The molecule has 0 unspecified atom stereocenters. The summed E-state index contributed by atoms with van der Waals surface area (Å²) in [5, 5.41) is 22.4. The molecular weight excluding hydrogens is 693 g/mol. The summed E-state index contributed by atoms with van der Waals surface area (Å²) in [7, 11) is 0. The molecule has 6 heteroatoms. The van der Waals surface area contributed by atoms with E-state index < -0.39 is 24.3 Å². The van der Waals surface area contributed by atoms with Crippen molar-refractivity contribution in [3.05, 3.63) is 239 Å². The number of hydrogen-bond acceptors (Lipinski definition) is 6. The van der Waals surface area contributed by atoms with Gasteiger partial charge in [-0.05, 0) is 93.0 Å². The third-order valence-corrected chi connectivity index (χ3v) is 9.53. The van der Waals surface area contributed by atoms with Crippen molar-refractivity contribution in [1.82, 2.24) is 0 Å². The van der Waals surface area contributed by atoms with Gasteiger partial charge < -0.3 is 19.7 Å². The van der Waals surface area contributed by atoms with Crippen LogP contribution in [0, 0.1) is 0 Å². The summed E-state index contributed by atoms with van der Waals surface area (Å²) in [5.41, 5.74) is 7.48. The van der Waals surface area contributed by atoms with Crippen LogP contribution in [0.3, 0.4) is 0 Å². The minimum atomic E-state index is -0.769. The van der Waals surface area contributed by atoms with E-state index in [0.29, 0.717) is 13.2 Å². The maximum atomic E-state index is 11.2. The molecule has 0 heterocycles. The van der Waals surface area contributed by atoms with Gasteiger partial charge in [0.15, 0.2) is 0 Å². The molecule has 6 nitrogen and oxygen atoms in total. The number of aliphatic hydroxyl groups is 2. The van der Waals surface area contributed by atoms with Crippen LogP contribution in [-0.4, -0.2) is 22.6 Å². The second kappa shape index (κ2) is 19.1. The number of hydrogen-bond donors (Lipinski definition) is 2. The maximum Gasteiger partial charge on any atom is 0.119 e. The molecule has 0 aromatic heterocycles. The fraction of sp³-hybridized carbons (Fsp3) is 0.120. The molecule has 0 fully saturated rings. The van der Waals surface area contributed by atoms with E-state index >= 15 is 0 Å². The van der Waals surface area contributed by atoms with E-state index in [4.69, 9.17) is 19.5 Å². The highest BCUT2D eigenvalue weighted by molar-refractivity contribution is 5.80. The van der Waals surface area contributed by atoms with Crippen molar-refractivity contribution in [2.24, 2.45) is 9.98 Å². The number of nitrogens with zero attached hydrogens (tertiary/aromatic N) is 2. The largest absolute Gasteiger partial charge is 0.489 e. The van der Waals surface area contributed by atoms with Gasteiger partial charge in [0.25, 0.3) is 0 Å². The number of aliphatic imine (C=N–C) groups is 2. The Morgan fingerprint density at radius 3 is 1.00 bits per heavy atom. The Morgan fingerprint density at radius 2 is 0.679 bits per heavy atom. The van der Waals surface area contributed by atoms with Crippen LogP contribution in [0.1, 0.15) is 68.8 Å². The van der Waals surface area contributed by atoms with E-state index in [1.165, 1.54) is 0 Å². The van der Waals surface area contributed by atoms with Crippen LogP contribution >= 0.6 is 0 Å². The lowest BCUT2D eigenvalue weighted by Gasteiger charge is -2.20. The molecule has 0 aliphatic carbocycles. The average Bonchev–Trinajstić information content (AvgIpc) is 3.27. The highest BCUT2D eigenvalue weighted by Gasteiger charge is 2.22. The van der Waals surface area contributed by atoms with E-state index in [1.807, 2.05) is 194 Å². The maximum absolute atomic E-state index is 11.2. The molecule has 0 radical (unpaired) electrons. The highest BCUT2D eigenvalue weighted by Crippen LogP contribution is 2.33. The highest BCUT2D eigenvalue weighted by atomic mass is 16.5. The van der Waals surface area contributed by atoms with Gasteiger partial charge in [-0.1, -0.05) is 146 Å². The van der Waals surface area contributed by atoms with Crippen LogP contribution in [0.15, 0.2) is 204 Å². The Labute approximate surface area is 328 Å². The Hall–Kier alpha value is -6.60. The first-order valence-electron chi connectivity index (χ1n) is 18.7. The van der Waals surface area contributed by atoms with Gasteiger partial charge in [0.2, 0.25) is 0 Å². The molecule has 2 N–H and O–H groups in total. The van der Waals surface area contributed by atoms with Gasteiger partial charge in [0.05, 0.1) is 0 Å². The van der Waals surface area contributed by atoms with Crippen molar-refractivity contribution in [3.8, 4) is 11.5 Å². The Kier molecular flexibility index (Phi) is 12.9. The quantitative estimate of drug-likeness (QED) is 0.0968. The standard InChI is InChI=1S/C50H44N2O4/c53-49(43-17-9-3-10-18-43)47(41-13-5-1-6-14-41)51-33-37-25-29-45(30-26-37)55-35-39-21-23-40(24-22-39)36-56-46-31-27-38(28-32-46)34-52-48(42-15-7-2-8-16-42)50(54)44-19-11-4-12-20-44/h1-34,47-50,53-54H,35-36H2/t47-,48-,49+,50+/m1/s1. The zero-order valence-corrected chi connectivity index (χ0v) is 31.0. The summed E-state index contributed by atoms with van der Waals surface area (Å²) < 4.78 is 12.1. The van der Waals surface area contributed by atoms with Crippen molar-refractivity contribution in [2.45, 2.75) is 37.5 Å². The number of ether oxygens (including phenoxy) is 2. The van der Waals surface area contributed by atoms with Crippen LogP contribution < -0.4 is 9.47 Å². The topological polar surface area (TPSA) is 83.6 Å². The fourth-order valence-corrected chi connectivity index (χ4v) is 6.36. The summed E-state index contributed by atoms with van der Waals surface area (Å²) in [5.74, 6) is 1.52. The summed E-state index contributed by atoms with van der Waals surface area (Å²) in [4.78, 5) is 9.62. The lowest BCUT2D eigenvalue weighted by molar-refractivity contribution is 0.148. The van der Waals surface area contributed by atoms with Gasteiger partial charge in [0, 0.05) is 12.4 Å². The molecule has 0 aliphatic heterocycles. The number of benzene rings is 7. The van der Waals surface area contributed by atoms with Crippen molar-refractivity contribution < 1.29 is 19.7 Å². The molecule has 4 atom stereocenters. The van der Waals surface area contributed by atoms with Crippen LogP contribution in [-0.2, 0) is 13.2 Å². The molecule has 0 spiro atoms. The second-order valence-electron chi connectivity index (χ2n) is 13.5. The minimum Gasteiger partial charge on any atom is -0.489 e. The molecule has 278 valence electrons. The number of aliphatic hydroxyl groups excluding tert-OH is 2. The minimum absolute atomic E-state index is 0.435. The first-order chi connectivity index (χ1) is 27.6. The number of rotatable bonds is 16. The van der Waals surface area contributed by atoms with Crippen LogP contribution in [0.25, 0.3) is 0 Å². The predicted molar refractivity (Wildman–Crippen MR) is 224 cm³/mol. The van der Waals surface area contributed by atoms with Gasteiger partial charge in [-0.2, -0.15) is 0 Å². The third-order valence-electron chi connectivity index (χ3n) is 9.53. The Morgan fingerprint density at radius 1 is 0.375 bits per heavy atom. The Bertz CT molecular complexity index is 2100. The summed E-state index contributed by atoms with van der Waals surface area (Å²) in [6.07, 6.45) is 2.07. The van der Waals surface area contributed by atoms with Crippen LogP contribution in [0.5, 0.6) is 11.5 Å². The molecule has 7 aromatic rings. The van der Waals surface area contributed by atoms with Gasteiger partial charge in [0.1, 0.15) is 49.0 Å². The Balaban J connectivity index is 0.897. The zero-order chi connectivity index (χ0) is 38.4. The lowest BCUT2D eigenvalue weighted by atomic mass is 9.96. The molecule has 7 aromatic carbocycles. The van der Waals surface area contributed by atoms with Crippen molar-refractivity contribution in [2.75, 3.05) is 0 Å². The normalized spacial score (nSPS) is 13.6. The summed E-state index contributed by atoms with van der Waals surface area (Å²) in [6.45, 7) is 0.870. The molecule has 7 rings (SSSR count). The van der Waals surface area contributed by atoms with E-state index in [-0.39, 0.29) is 0 Å². The molecule has 0 saturated heterocycles. The smallest absolute Gasteiger partial charge is 0.119 e. The fourth-order valence-electron chi connectivity index (χ4n) is 6.36. The first kappa shape index (κ1) is 37.7. The molecule has 56 heavy (non-hydrogen) atoms.